The third-order valence-electron chi connectivity index (χ3n) is 4.24. The van der Waals surface area contributed by atoms with E-state index in [1.807, 2.05) is 48.5 Å². The van der Waals surface area contributed by atoms with Gasteiger partial charge in [-0.1, -0.05) is 49.6 Å². The molecule has 0 unspecified atom stereocenters. The zero-order valence-electron chi connectivity index (χ0n) is 13.3. The van der Waals surface area contributed by atoms with Crippen LogP contribution < -0.4 is 18.1 Å². The second-order valence-electron chi connectivity index (χ2n) is 5.79. The van der Waals surface area contributed by atoms with Gasteiger partial charge >= 0.3 is 8.17 Å². The molecule has 0 radical (unpaired) electrons. The molecular weight excluding hydrogens is 335 g/mol. The number of benzene rings is 3. The Morgan fingerprint density at radius 2 is 1.04 bits per heavy atom. The van der Waals surface area contributed by atoms with Gasteiger partial charge in [0, 0.05) is 0 Å². The van der Waals surface area contributed by atoms with Gasteiger partial charge in [-0.25, -0.2) is 18.1 Å². The molecule has 122 valence electrons. The molecular formula is C20H14O4P+. The SMILES string of the molecule is C=Cc1cc2c(cc1C=C)O[P+]1(O2)Oc2cc3ccccc3cc2O1. The Morgan fingerprint density at radius 3 is 1.44 bits per heavy atom. The highest BCUT2D eigenvalue weighted by Crippen LogP contribution is 2.72. The Balaban J connectivity index is 1.54. The zero-order valence-corrected chi connectivity index (χ0v) is 14.2. The second kappa shape index (κ2) is 5.01. The summed E-state index contributed by atoms with van der Waals surface area (Å²) in [7, 11) is -2.98. The van der Waals surface area contributed by atoms with E-state index in [9.17, 15) is 0 Å². The first kappa shape index (κ1) is 14.4. The first-order valence-corrected chi connectivity index (χ1v) is 9.29. The molecule has 0 atom stereocenters. The smallest absolute Gasteiger partial charge is 0.237 e. The average Bonchev–Trinajstić information content (AvgIpc) is 3.15. The van der Waals surface area contributed by atoms with Crippen LogP contribution in [0.4, 0.5) is 0 Å². The van der Waals surface area contributed by atoms with Gasteiger partial charge < -0.3 is 0 Å². The molecule has 2 aliphatic heterocycles. The van der Waals surface area contributed by atoms with E-state index < -0.39 is 8.17 Å². The van der Waals surface area contributed by atoms with Crippen molar-refractivity contribution in [3.05, 3.63) is 72.8 Å². The normalized spacial score (nSPS) is 15.5. The summed E-state index contributed by atoms with van der Waals surface area (Å²) in [5, 5.41) is 2.15. The first-order chi connectivity index (χ1) is 12.2. The van der Waals surface area contributed by atoms with Gasteiger partial charge in [-0.05, 0) is 46.2 Å². The van der Waals surface area contributed by atoms with Gasteiger partial charge in [0.25, 0.3) is 0 Å². The highest BCUT2D eigenvalue weighted by atomic mass is 31.2. The van der Waals surface area contributed by atoms with Crippen molar-refractivity contribution < 1.29 is 18.1 Å². The fourth-order valence-electron chi connectivity index (χ4n) is 3.02. The maximum absolute atomic E-state index is 5.99. The van der Waals surface area contributed by atoms with Crippen LogP contribution in [0.25, 0.3) is 22.9 Å². The van der Waals surface area contributed by atoms with Crippen LogP contribution in [0.15, 0.2) is 61.7 Å². The Morgan fingerprint density at radius 1 is 0.640 bits per heavy atom. The van der Waals surface area contributed by atoms with Gasteiger partial charge in [0.2, 0.25) is 23.0 Å². The molecule has 0 saturated heterocycles. The van der Waals surface area contributed by atoms with Crippen LogP contribution in [0.5, 0.6) is 23.0 Å². The molecule has 3 aromatic carbocycles. The summed E-state index contributed by atoms with van der Waals surface area (Å²) >= 11 is 0. The van der Waals surface area contributed by atoms with Gasteiger partial charge in [0.05, 0.1) is 0 Å². The lowest BCUT2D eigenvalue weighted by Crippen LogP contribution is -2.09. The maximum atomic E-state index is 5.99. The molecule has 0 amide bonds. The fraction of sp³-hybridized carbons (Fsp3) is 0. The van der Waals surface area contributed by atoms with Crippen molar-refractivity contribution in [2.24, 2.45) is 0 Å². The Bertz CT molecular complexity index is 973. The van der Waals surface area contributed by atoms with Crippen LogP contribution in [0.3, 0.4) is 0 Å². The monoisotopic (exact) mass is 349 g/mol. The van der Waals surface area contributed by atoms with Crippen molar-refractivity contribution in [2.45, 2.75) is 0 Å². The van der Waals surface area contributed by atoms with Crippen molar-refractivity contribution in [2.75, 3.05) is 0 Å². The van der Waals surface area contributed by atoms with E-state index in [0.29, 0.717) is 23.0 Å². The van der Waals surface area contributed by atoms with Gasteiger partial charge in [-0.15, -0.1) is 0 Å². The molecule has 0 aliphatic carbocycles. The molecule has 25 heavy (non-hydrogen) atoms. The van der Waals surface area contributed by atoms with Crippen molar-refractivity contribution in [3.8, 4) is 23.0 Å². The van der Waals surface area contributed by atoms with Crippen LogP contribution in [-0.2, 0) is 0 Å². The standard InChI is InChI=1S/C20H14O4P/c1-3-13-9-17-18(10-14(13)4-2)22-25(21-17)23-19-11-15-7-5-6-8-16(15)12-20(19)24-25/h3-12H,1-2H2/q+1. The number of fused-ring (bicyclic) bond motifs is 3. The molecule has 1 spiro atoms. The molecule has 5 heteroatoms. The third kappa shape index (κ3) is 2.11. The van der Waals surface area contributed by atoms with Crippen molar-refractivity contribution in [3.63, 3.8) is 0 Å². The summed E-state index contributed by atoms with van der Waals surface area (Å²) < 4.78 is 23.9. The van der Waals surface area contributed by atoms with Crippen LogP contribution in [-0.4, -0.2) is 0 Å². The number of rotatable bonds is 2. The van der Waals surface area contributed by atoms with Crippen LogP contribution in [0.2, 0.25) is 0 Å². The summed E-state index contributed by atoms with van der Waals surface area (Å²) in [6.07, 6.45) is 3.50. The minimum absolute atomic E-state index is 0.589. The van der Waals surface area contributed by atoms with Gasteiger partial charge in [-0.3, -0.25) is 0 Å². The van der Waals surface area contributed by atoms with E-state index in [1.54, 1.807) is 12.2 Å². The molecule has 0 N–H and O–H groups in total. The summed E-state index contributed by atoms with van der Waals surface area (Å²) in [6.45, 7) is 7.64. The highest BCUT2D eigenvalue weighted by Gasteiger charge is 2.66. The van der Waals surface area contributed by atoms with Crippen LogP contribution >= 0.6 is 8.17 Å². The Labute approximate surface area is 145 Å². The minimum atomic E-state index is -2.98. The lowest BCUT2D eigenvalue weighted by molar-refractivity contribution is 0.333. The van der Waals surface area contributed by atoms with Crippen LogP contribution in [0.1, 0.15) is 11.1 Å². The van der Waals surface area contributed by atoms with E-state index in [-0.39, 0.29) is 0 Å². The lowest BCUT2D eigenvalue weighted by Gasteiger charge is -2.03. The Hall–Kier alpha value is -2.97. The molecule has 2 heterocycles. The molecule has 0 fully saturated rings. The largest absolute Gasteiger partial charge is 0.767 e. The predicted octanol–water partition coefficient (Wildman–Crippen LogP) is 6.05. The lowest BCUT2D eigenvalue weighted by atomic mass is 10.1. The minimum Gasteiger partial charge on any atom is -0.237 e. The molecule has 0 bridgehead atoms. The first-order valence-electron chi connectivity index (χ1n) is 7.83. The van der Waals surface area contributed by atoms with E-state index in [0.717, 1.165) is 21.9 Å². The van der Waals surface area contributed by atoms with Gasteiger partial charge in [0.1, 0.15) is 0 Å². The topological polar surface area (TPSA) is 36.9 Å². The number of hydrogen-bond donors (Lipinski definition) is 0. The molecule has 3 aromatic rings. The maximum Gasteiger partial charge on any atom is 0.767 e. The molecule has 0 aromatic heterocycles. The molecule has 5 rings (SSSR count). The number of hydrogen-bond acceptors (Lipinski definition) is 4. The Kier molecular flexibility index (Phi) is 2.88. The third-order valence-corrected chi connectivity index (χ3v) is 5.92. The molecule has 4 nitrogen and oxygen atoms in total. The summed E-state index contributed by atoms with van der Waals surface area (Å²) in [5.74, 6) is 2.44. The molecule has 2 aliphatic rings. The highest BCUT2D eigenvalue weighted by molar-refractivity contribution is 7.58. The average molecular weight is 349 g/mol. The van der Waals surface area contributed by atoms with Crippen molar-refractivity contribution in [1.29, 1.82) is 0 Å². The zero-order chi connectivity index (χ0) is 17.0. The molecule has 0 saturated carbocycles. The summed E-state index contributed by atoms with van der Waals surface area (Å²) in [6, 6.07) is 15.6. The quantitative estimate of drug-likeness (QED) is 0.528. The summed E-state index contributed by atoms with van der Waals surface area (Å²) in [4.78, 5) is 0. The second-order valence-corrected chi connectivity index (χ2v) is 7.42. The van der Waals surface area contributed by atoms with Crippen molar-refractivity contribution >= 4 is 31.1 Å². The van der Waals surface area contributed by atoms with E-state index in [2.05, 4.69) is 13.2 Å². The van der Waals surface area contributed by atoms with Gasteiger partial charge in [0.15, 0.2) is 0 Å². The van der Waals surface area contributed by atoms with E-state index in [1.165, 1.54) is 0 Å². The van der Waals surface area contributed by atoms with Gasteiger partial charge in [-0.2, -0.15) is 0 Å². The summed E-state index contributed by atoms with van der Waals surface area (Å²) in [5.41, 5.74) is 1.83. The van der Waals surface area contributed by atoms with E-state index in [4.69, 9.17) is 18.1 Å². The van der Waals surface area contributed by atoms with Crippen molar-refractivity contribution in [1.82, 2.24) is 0 Å². The van der Waals surface area contributed by atoms with Crippen LogP contribution in [0, 0.1) is 0 Å². The predicted molar refractivity (Wildman–Crippen MR) is 100 cm³/mol. The van der Waals surface area contributed by atoms with E-state index >= 15 is 0 Å². The fourth-order valence-corrected chi connectivity index (χ4v) is 4.78.